The van der Waals surface area contributed by atoms with Gasteiger partial charge in [-0.3, -0.25) is 9.80 Å². The van der Waals surface area contributed by atoms with E-state index < -0.39 is 0 Å². The number of methoxy groups -OCH3 is 1. The molecule has 0 saturated carbocycles. The highest BCUT2D eigenvalue weighted by Crippen LogP contribution is 2.33. The Morgan fingerprint density at radius 3 is 2.85 bits per heavy atom. The van der Waals surface area contributed by atoms with Crippen molar-refractivity contribution in [3.63, 3.8) is 0 Å². The quantitative estimate of drug-likeness (QED) is 0.752. The number of ether oxygens (including phenoxy) is 1. The number of halogens is 1. The summed E-state index contributed by atoms with van der Waals surface area (Å²) >= 11 is 8.08. The third kappa shape index (κ3) is 4.69. The standard InChI is InChI=1S/C19H25ClN2O3S/c1-25-19-9-14(17(20)10-18(19)24)11-21-5-6-22(15(12-21)4-7-23)13-16-3-2-8-26-16/h2-3,8-10,15,23-24H,4-7,11-13H2,1H3/t15-/m1/s1. The zero-order chi connectivity index (χ0) is 18.5. The molecule has 0 amide bonds. The lowest BCUT2D eigenvalue weighted by Crippen LogP contribution is -2.52. The number of hydrogen-bond acceptors (Lipinski definition) is 6. The van der Waals surface area contributed by atoms with Crippen molar-refractivity contribution in [2.75, 3.05) is 33.4 Å². The van der Waals surface area contributed by atoms with E-state index in [2.05, 4.69) is 27.3 Å². The molecule has 0 unspecified atom stereocenters. The zero-order valence-corrected chi connectivity index (χ0v) is 16.5. The first-order chi connectivity index (χ1) is 12.6. The van der Waals surface area contributed by atoms with Crippen molar-refractivity contribution in [2.45, 2.75) is 25.6 Å². The number of phenols is 1. The number of thiophene rings is 1. The van der Waals surface area contributed by atoms with Crippen molar-refractivity contribution >= 4 is 22.9 Å². The Hall–Kier alpha value is -1.31. The van der Waals surface area contributed by atoms with E-state index >= 15 is 0 Å². The van der Waals surface area contributed by atoms with E-state index in [9.17, 15) is 10.2 Å². The fraction of sp³-hybridized carbons (Fsp3) is 0.474. The van der Waals surface area contributed by atoms with Gasteiger partial charge in [0.15, 0.2) is 11.5 Å². The summed E-state index contributed by atoms with van der Waals surface area (Å²) in [6, 6.07) is 7.89. The Labute approximate surface area is 163 Å². The largest absolute Gasteiger partial charge is 0.504 e. The molecule has 0 aliphatic carbocycles. The van der Waals surface area contributed by atoms with Crippen LogP contribution >= 0.6 is 22.9 Å². The average Bonchev–Trinajstić information content (AvgIpc) is 3.13. The molecular formula is C19H25ClN2O3S. The first kappa shape index (κ1) is 19.5. The van der Waals surface area contributed by atoms with Gasteiger partial charge < -0.3 is 14.9 Å². The van der Waals surface area contributed by atoms with E-state index in [-0.39, 0.29) is 12.4 Å². The third-order valence-corrected chi connectivity index (χ3v) is 6.04. The molecule has 2 aromatic rings. The van der Waals surface area contributed by atoms with Crippen molar-refractivity contribution in [3.05, 3.63) is 45.1 Å². The molecule has 1 aromatic carbocycles. The highest BCUT2D eigenvalue weighted by molar-refractivity contribution is 7.09. The highest BCUT2D eigenvalue weighted by Gasteiger charge is 2.27. The smallest absolute Gasteiger partial charge is 0.160 e. The molecule has 1 aliphatic heterocycles. The van der Waals surface area contributed by atoms with E-state index in [4.69, 9.17) is 16.3 Å². The molecule has 0 spiro atoms. The van der Waals surface area contributed by atoms with E-state index in [0.717, 1.165) is 38.2 Å². The van der Waals surface area contributed by atoms with Gasteiger partial charge in [0.05, 0.1) is 7.11 Å². The van der Waals surface area contributed by atoms with Gasteiger partial charge in [0.1, 0.15) is 0 Å². The topological polar surface area (TPSA) is 56.2 Å². The molecule has 0 radical (unpaired) electrons. The lowest BCUT2D eigenvalue weighted by atomic mass is 10.1. The summed E-state index contributed by atoms with van der Waals surface area (Å²) in [5, 5.41) is 22.0. The Bertz CT molecular complexity index is 711. The number of aliphatic hydroxyl groups is 1. The van der Waals surface area contributed by atoms with Gasteiger partial charge in [-0.25, -0.2) is 0 Å². The summed E-state index contributed by atoms with van der Waals surface area (Å²) in [4.78, 5) is 6.16. The van der Waals surface area contributed by atoms with Gasteiger partial charge in [-0.2, -0.15) is 0 Å². The molecule has 2 heterocycles. The molecule has 7 heteroatoms. The Balaban J connectivity index is 1.67. The van der Waals surface area contributed by atoms with Gasteiger partial charge in [-0.15, -0.1) is 11.3 Å². The predicted octanol–water partition coefficient (Wildman–Crippen LogP) is 3.18. The van der Waals surface area contributed by atoms with Crippen LogP contribution in [0.2, 0.25) is 5.02 Å². The molecule has 1 saturated heterocycles. The molecule has 1 aromatic heterocycles. The summed E-state index contributed by atoms with van der Waals surface area (Å²) < 4.78 is 5.20. The van der Waals surface area contributed by atoms with Crippen molar-refractivity contribution in [1.29, 1.82) is 0 Å². The van der Waals surface area contributed by atoms with Gasteiger partial charge in [-0.05, 0) is 29.5 Å². The van der Waals surface area contributed by atoms with Crippen molar-refractivity contribution < 1.29 is 14.9 Å². The van der Waals surface area contributed by atoms with Crippen molar-refractivity contribution in [3.8, 4) is 11.5 Å². The lowest BCUT2D eigenvalue weighted by molar-refractivity contribution is 0.0506. The SMILES string of the molecule is COc1cc(CN2CCN(Cc3cccs3)[C@H](CCO)C2)c(Cl)cc1O. The molecule has 2 N–H and O–H groups in total. The number of aromatic hydroxyl groups is 1. The summed E-state index contributed by atoms with van der Waals surface area (Å²) in [5.74, 6) is 0.493. The van der Waals surface area contributed by atoms with Gasteiger partial charge in [-0.1, -0.05) is 17.7 Å². The first-order valence-electron chi connectivity index (χ1n) is 8.75. The summed E-state index contributed by atoms with van der Waals surface area (Å²) in [5.41, 5.74) is 0.941. The second-order valence-corrected chi connectivity index (χ2v) is 8.01. The van der Waals surface area contributed by atoms with E-state index in [1.54, 1.807) is 17.4 Å². The molecule has 5 nitrogen and oxygen atoms in total. The molecule has 26 heavy (non-hydrogen) atoms. The molecular weight excluding hydrogens is 372 g/mol. The van der Waals surface area contributed by atoms with Gasteiger partial charge in [0.2, 0.25) is 0 Å². The monoisotopic (exact) mass is 396 g/mol. The third-order valence-electron chi connectivity index (χ3n) is 4.83. The molecule has 1 atom stereocenters. The van der Waals surface area contributed by atoms with Crippen LogP contribution in [0.4, 0.5) is 0 Å². The lowest BCUT2D eigenvalue weighted by Gasteiger charge is -2.41. The number of piperazine rings is 1. The van der Waals surface area contributed by atoms with E-state index in [0.29, 0.717) is 23.4 Å². The maximum absolute atomic E-state index is 9.83. The fourth-order valence-corrected chi connectivity index (χ4v) is 4.39. The van der Waals surface area contributed by atoms with Crippen LogP contribution in [-0.2, 0) is 13.1 Å². The molecule has 3 rings (SSSR count). The maximum atomic E-state index is 9.83. The van der Waals surface area contributed by atoms with Crippen LogP contribution in [0.3, 0.4) is 0 Å². The van der Waals surface area contributed by atoms with Crippen LogP contribution in [0.1, 0.15) is 16.9 Å². The van der Waals surface area contributed by atoms with Gasteiger partial charge in [0, 0.05) is 61.3 Å². The molecule has 1 aliphatic rings. The van der Waals surface area contributed by atoms with E-state index in [1.807, 2.05) is 0 Å². The second kappa shape index (κ2) is 9.06. The van der Waals surface area contributed by atoms with Crippen LogP contribution in [0.15, 0.2) is 29.6 Å². The maximum Gasteiger partial charge on any atom is 0.160 e. The van der Waals surface area contributed by atoms with Crippen LogP contribution in [-0.4, -0.2) is 59.4 Å². The minimum atomic E-state index is 0.0557. The number of hydrogen-bond donors (Lipinski definition) is 2. The summed E-state index contributed by atoms with van der Waals surface area (Å²) in [6.07, 6.45) is 0.758. The number of nitrogens with zero attached hydrogens (tertiary/aromatic N) is 2. The predicted molar refractivity (Wildman–Crippen MR) is 105 cm³/mol. The Kier molecular flexibility index (Phi) is 6.78. The number of rotatable bonds is 7. The minimum absolute atomic E-state index is 0.0557. The Morgan fingerprint density at radius 2 is 2.15 bits per heavy atom. The minimum Gasteiger partial charge on any atom is -0.504 e. The summed E-state index contributed by atoms with van der Waals surface area (Å²) in [6.45, 7) is 4.59. The van der Waals surface area contributed by atoms with Crippen LogP contribution in [0.5, 0.6) is 11.5 Å². The highest BCUT2D eigenvalue weighted by atomic mass is 35.5. The van der Waals surface area contributed by atoms with Crippen molar-refractivity contribution in [2.24, 2.45) is 0 Å². The molecule has 1 fully saturated rings. The first-order valence-corrected chi connectivity index (χ1v) is 10.0. The second-order valence-electron chi connectivity index (χ2n) is 6.57. The number of benzene rings is 1. The summed E-state index contributed by atoms with van der Waals surface area (Å²) in [7, 11) is 1.54. The van der Waals surface area contributed by atoms with Crippen LogP contribution < -0.4 is 4.74 Å². The average molecular weight is 397 g/mol. The van der Waals surface area contributed by atoms with Crippen LogP contribution in [0, 0.1) is 0 Å². The Morgan fingerprint density at radius 1 is 1.31 bits per heavy atom. The molecule has 142 valence electrons. The van der Waals surface area contributed by atoms with Crippen molar-refractivity contribution in [1.82, 2.24) is 9.80 Å². The molecule has 0 bridgehead atoms. The number of phenolic OH excluding ortho intramolecular Hbond substituents is 1. The van der Waals surface area contributed by atoms with Crippen LogP contribution in [0.25, 0.3) is 0 Å². The van der Waals surface area contributed by atoms with Gasteiger partial charge in [0.25, 0.3) is 0 Å². The van der Waals surface area contributed by atoms with Gasteiger partial charge >= 0.3 is 0 Å². The van der Waals surface area contributed by atoms with E-state index in [1.165, 1.54) is 18.1 Å². The zero-order valence-electron chi connectivity index (χ0n) is 14.9. The number of aliphatic hydroxyl groups excluding tert-OH is 1. The fourth-order valence-electron chi connectivity index (χ4n) is 3.45. The normalized spacial score (nSPS) is 19.0.